The zero-order chi connectivity index (χ0) is 19.2. The second-order valence-electron chi connectivity index (χ2n) is 6.23. The molecule has 140 valence electrons. The number of aryl methyl sites for hydroxylation is 1. The number of carbonyl (C=O) groups excluding carboxylic acids is 1. The number of hydrogen-bond donors (Lipinski definition) is 1. The summed E-state index contributed by atoms with van der Waals surface area (Å²) in [6.07, 6.45) is 2.15. The molecule has 1 N–H and O–H groups in total. The number of halogens is 1. The third kappa shape index (κ3) is 4.91. The first-order chi connectivity index (χ1) is 13.0. The summed E-state index contributed by atoms with van der Waals surface area (Å²) in [6.45, 7) is 2.00. The number of hydrogen-bond acceptors (Lipinski definition) is 4. The summed E-state index contributed by atoms with van der Waals surface area (Å²) in [4.78, 5) is 23.9. The van der Waals surface area contributed by atoms with E-state index in [2.05, 4.69) is 10.4 Å². The Kier molecular flexibility index (Phi) is 5.80. The summed E-state index contributed by atoms with van der Waals surface area (Å²) in [7, 11) is 0. The zero-order valence-corrected chi connectivity index (χ0v) is 14.9. The van der Waals surface area contributed by atoms with Crippen LogP contribution >= 0.6 is 0 Å². The van der Waals surface area contributed by atoms with Crippen LogP contribution in [0.15, 0.2) is 64.0 Å². The van der Waals surface area contributed by atoms with Gasteiger partial charge in [0.15, 0.2) is 0 Å². The first kappa shape index (κ1) is 18.6. The van der Waals surface area contributed by atoms with Gasteiger partial charge in [0.1, 0.15) is 18.1 Å². The molecule has 3 rings (SSSR count). The van der Waals surface area contributed by atoms with Gasteiger partial charge in [0, 0.05) is 18.5 Å². The molecule has 0 aliphatic carbocycles. The lowest BCUT2D eigenvalue weighted by atomic mass is 9.93. The highest BCUT2D eigenvalue weighted by molar-refractivity contribution is 5.75. The predicted molar refractivity (Wildman–Crippen MR) is 97.8 cm³/mol. The largest absolute Gasteiger partial charge is 0.469 e. The Labute approximate surface area is 155 Å². The van der Waals surface area contributed by atoms with E-state index in [0.29, 0.717) is 18.7 Å². The lowest BCUT2D eigenvalue weighted by Gasteiger charge is -2.16. The third-order valence-electron chi connectivity index (χ3n) is 4.21. The normalized spacial score (nSPS) is 11.9. The van der Waals surface area contributed by atoms with E-state index in [9.17, 15) is 14.0 Å². The average Bonchev–Trinajstić information content (AvgIpc) is 3.17. The Morgan fingerprint density at radius 2 is 2.00 bits per heavy atom. The molecule has 3 aromatic rings. The van der Waals surface area contributed by atoms with Crippen molar-refractivity contribution in [3.05, 3.63) is 88.0 Å². The Morgan fingerprint density at radius 3 is 2.70 bits per heavy atom. The molecule has 0 saturated heterocycles. The minimum atomic E-state index is -0.324. The van der Waals surface area contributed by atoms with Crippen LogP contribution in [0.5, 0.6) is 0 Å². The zero-order valence-electron chi connectivity index (χ0n) is 14.9. The van der Waals surface area contributed by atoms with E-state index in [4.69, 9.17) is 4.42 Å². The molecular weight excluding hydrogens is 349 g/mol. The molecule has 2 aromatic heterocycles. The maximum absolute atomic E-state index is 13.2. The molecule has 0 radical (unpaired) electrons. The fraction of sp³-hybridized carbons (Fsp3) is 0.250. The van der Waals surface area contributed by atoms with Gasteiger partial charge < -0.3 is 9.73 Å². The molecular formula is C20H20FN3O3. The second-order valence-corrected chi connectivity index (χ2v) is 6.23. The van der Waals surface area contributed by atoms with Crippen LogP contribution < -0.4 is 10.9 Å². The topological polar surface area (TPSA) is 77.1 Å². The Balaban J connectivity index is 1.62. The Bertz CT molecular complexity index is 949. The summed E-state index contributed by atoms with van der Waals surface area (Å²) in [6, 6.07) is 12.9. The lowest BCUT2D eigenvalue weighted by molar-refractivity contribution is -0.121. The van der Waals surface area contributed by atoms with Crippen LogP contribution in [0, 0.1) is 12.7 Å². The van der Waals surface area contributed by atoms with Crippen molar-refractivity contribution < 1.29 is 13.6 Å². The molecule has 0 bridgehead atoms. The van der Waals surface area contributed by atoms with Gasteiger partial charge in [0.05, 0.1) is 12.0 Å². The standard InChI is InChI=1S/C20H20FN3O3/c1-14-4-9-20(26)24(23-14)13-19(25)22-11-10-17(18-3-2-12-27-18)15-5-7-16(21)8-6-15/h2-9,12,17H,10-11,13H2,1H3,(H,22,25)/t17-/m1/s1. The van der Waals surface area contributed by atoms with Crippen LogP contribution in [-0.2, 0) is 11.3 Å². The minimum absolute atomic E-state index is 0.110. The maximum Gasteiger partial charge on any atom is 0.267 e. The molecule has 0 saturated carbocycles. The van der Waals surface area contributed by atoms with Gasteiger partial charge in [-0.25, -0.2) is 9.07 Å². The van der Waals surface area contributed by atoms with Gasteiger partial charge in [-0.05, 0) is 49.2 Å². The average molecular weight is 369 g/mol. The van der Waals surface area contributed by atoms with Crippen molar-refractivity contribution in [3.8, 4) is 0 Å². The van der Waals surface area contributed by atoms with Crippen molar-refractivity contribution in [2.45, 2.75) is 25.8 Å². The summed E-state index contributed by atoms with van der Waals surface area (Å²) in [5.41, 5.74) is 1.24. The number of furan rings is 1. The number of nitrogens with zero attached hydrogens (tertiary/aromatic N) is 2. The molecule has 1 atom stereocenters. The van der Waals surface area contributed by atoms with Crippen molar-refractivity contribution in [2.75, 3.05) is 6.54 Å². The predicted octanol–water partition coefficient (Wildman–Crippen LogP) is 2.62. The number of carbonyl (C=O) groups is 1. The molecule has 1 aromatic carbocycles. The lowest BCUT2D eigenvalue weighted by Crippen LogP contribution is -2.34. The molecule has 6 nitrogen and oxygen atoms in total. The van der Waals surface area contributed by atoms with Gasteiger partial charge >= 0.3 is 0 Å². The number of benzene rings is 1. The van der Waals surface area contributed by atoms with Crippen molar-refractivity contribution in [3.63, 3.8) is 0 Å². The van der Waals surface area contributed by atoms with Gasteiger partial charge in [-0.2, -0.15) is 5.10 Å². The number of amides is 1. The molecule has 0 fully saturated rings. The van der Waals surface area contributed by atoms with E-state index < -0.39 is 0 Å². The number of aromatic nitrogens is 2. The SMILES string of the molecule is Cc1ccc(=O)n(CC(=O)NCC[C@H](c2ccc(F)cc2)c2ccco2)n1. The van der Waals surface area contributed by atoms with Crippen LogP contribution in [0.25, 0.3) is 0 Å². The maximum atomic E-state index is 13.2. The van der Waals surface area contributed by atoms with Crippen molar-refractivity contribution in [1.82, 2.24) is 15.1 Å². The van der Waals surface area contributed by atoms with E-state index in [1.54, 1.807) is 37.5 Å². The fourth-order valence-corrected chi connectivity index (χ4v) is 2.87. The van der Waals surface area contributed by atoms with E-state index >= 15 is 0 Å². The molecule has 27 heavy (non-hydrogen) atoms. The third-order valence-corrected chi connectivity index (χ3v) is 4.21. The second kappa shape index (κ2) is 8.44. The van der Waals surface area contributed by atoms with E-state index in [1.165, 1.54) is 18.2 Å². The van der Waals surface area contributed by atoms with Crippen LogP contribution in [-0.4, -0.2) is 22.2 Å². The molecule has 0 aliphatic heterocycles. The quantitative estimate of drug-likeness (QED) is 0.695. The van der Waals surface area contributed by atoms with Crippen LogP contribution in [0.2, 0.25) is 0 Å². The van der Waals surface area contributed by atoms with Gasteiger partial charge in [0.2, 0.25) is 5.91 Å². The Hall–Kier alpha value is -3.22. The fourth-order valence-electron chi connectivity index (χ4n) is 2.87. The van der Waals surface area contributed by atoms with Gasteiger partial charge in [-0.3, -0.25) is 9.59 Å². The van der Waals surface area contributed by atoms with E-state index in [0.717, 1.165) is 16.0 Å². The summed E-state index contributed by atoms with van der Waals surface area (Å²) >= 11 is 0. The highest BCUT2D eigenvalue weighted by Gasteiger charge is 2.17. The Morgan fingerprint density at radius 1 is 1.22 bits per heavy atom. The smallest absolute Gasteiger partial charge is 0.267 e. The van der Waals surface area contributed by atoms with Gasteiger partial charge in [0.25, 0.3) is 5.56 Å². The highest BCUT2D eigenvalue weighted by atomic mass is 19.1. The molecule has 7 heteroatoms. The summed E-state index contributed by atoms with van der Waals surface area (Å²) in [5.74, 6) is 0.0296. The van der Waals surface area contributed by atoms with Crippen molar-refractivity contribution in [2.24, 2.45) is 0 Å². The van der Waals surface area contributed by atoms with E-state index in [-0.39, 0.29) is 29.7 Å². The van der Waals surface area contributed by atoms with E-state index in [1.807, 2.05) is 6.07 Å². The molecule has 1 amide bonds. The van der Waals surface area contributed by atoms with Crippen LogP contribution in [0.3, 0.4) is 0 Å². The van der Waals surface area contributed by atoms with Gasteiger partial charge in [-0.1, -0.05) is 12.1 Å². The van der Waals surface area contributed by atoms with Crippen molar-refractivity contribution >= 4 is 5.91 Å². The molecule has 0 spiro atoms. The van der Waals surface area contributed by atoms with Crippen LogP contribution in [0.4, 0.5) is 4.39 Å². The molecule has 0 aliphatic rings. The molecule has 2 heterocycles. The summed E-state index contributed by atoms with van der Waals surface area (Å²) < 4.78 is 19.8. The first-order valence-electron chi connectivity index (χ1n) is 8.63. The number of rotatable bonds is 7. The first-order valence-corrected chi connectivity index (χ1v) is 8.63. The highest BCUT2D eigenvalue weighted by Crippen LogP contribution is 2.28. The summed E-state index contributed by atoms with van der Waals surface area (Å²) in [5, 5.41) is 6.84. The monoisotopic (exact) mass is 369 g/mol. The number of nitrogens with one attached hydrogen (secondary N) is 1. The van der Waals surface area contributed by atoms with Gasteiger partial charge in [-0.15, -0.1) is 0 Å². The van der Waals surface area contributed by atoms with Crippen molar-refractivity contribution in [1.29, 1.82) is 0 Å². The molecule has 0 unspecified atom stereocenters. The minimum Gasteiger partial charge on any atom is -0.469 e. The van der Waals surface area contributed by atoms with Crippen LogP contribution in [0.1, 0.15) is 29.4 Å².